The Hall–Kier alpha value is -1.13. The molecule has 0 spiro atoms. The van der Waals surface area contributed by atoms with E-state index in [4.69, 9.17) is 0 Å². The molecular weight excluding hydrogens is 304 g/mol. The predicted molar refractivity (Wildman–Crippen MR) is 98.2 cm³/mol. The van der Waals surface area contributed by atoms with Gasteiger partial charge in [0.05, 0.1) is 15.7 Å². The molecule has 0 amide bonds. The van der Waals surface area contributed by atoms with Gasteiger partial charge >= 0.3 is 0 Å². The Balaban J connectivity index is 1.60. The number of nitrogens with zero attached hydrogens (tertiary/aromatic N) is 1. The number of hydrogen-bond donors (Lipinski definition) is 1. The first kappa shape index (κ1) is 16.7. The number of fused-ring (bicyclic) bond motifs is 1. The molecule has 0 aliphatic carbocycles. The summed E-state index contributed by atoms with van der Waals surface area (Å²) in [6.07, 6.45) is 5.24. The highest BCUT2D eigenvalue weighted by Crippen LogP contribution is 2.27. The number of aromatic amines is 1. The molecule has 1 aliphatic heterocycles. The summed E-state index contributed by atoms with van der Waals surface area (Å²) in [6.45, 7) is 10.2. The molecule has 0 radical (unpaired) electrons. The molecule has 2 aromatic rings. The molecule has 1 aliphatic rings. The molecule has 2 heterocycles. The van der Waals surface area contributed by atoms with Gasteiger partial charge in [0.2, 0.25) is 0 Å². The Kier molecular flexibility index (Phi) is 4.93. The number of rotatable bonds is 4. The summed E-state index contributed by atoms with van der Waals surface area (Å²) in [6, 6.07) is 8.15. The molecule has 4 heteroatoms. The van der Waals surface area contributed by atoms with Crippen LogP contribution in [-0.4, -0.2) is 39.0 Å². The van der Waals surface area contributed by atoms with Crippen LogP contribution in [0.15, 0.2) is 35.4 Å². The van der Waals surface area contributed by atoms with Gasteiger partial charge in [-0.3, -0.25) is 4.21 Å². The summed E-state index contributed by atoms with van der Waals surface area (Å²) in [5.74, 6) is 0. The van der Waals surface area contributed by atoms with Crippen molar-refractivity contribution in [2.75, 3.05) is 19.6 Å². The van der Waals surface area contributed by atoms with E-state index in [1.54, 1.807) is 0 Å². The van der Waals surface area contributed by atoms with Gasteiger partial charge in [-0.25, -0.2) is 0 Å². The number of aromatic nitrogens is 1. The second-order valence-electron chi connectivity index (χ2n) is 7.85. The lowest BCUT2D eigenvalue weighted by Gasteiger charge is -2.33. The summed E-state index contributed by atoms with van der Waals surface area (Å²) in [5, 5.41) is 1.40. The fraction of sp³-hybridized carbons (Fsp3) is 0.579. The summed E-state index contributed by atoms with van der Waals surface area (Å²) in [5.41, 5.74) is 1.47. The SMILES string of the molecule is CC(C)(C)CCN1CCC(S(=O)c2c[nH]c3ccccc23)CC1. The summed E-state index contributed by atoms with van der Waals surface area (Å²) in [7, 11) is -0.907. The van der Waals surface area contributed by atoms with Crippen molar-refractivity contribution in [1.29, 1.82) is 0 Å². The highest BCUT2D eigenvalue weighted by molar-refractivity contribution is 7.86. The molecule has 126 valence electrons. The number of piperidine rings is 1. The zero-order valence-electron chi connectivity index (χ0n) is 14.5. The second kappa shape index (κ2) is 6.78. The Labute approximate surface area is 141 Å². The normalized spacial score (nSPS) is 19.3. The average molecular weight is 333 g/mol. The Morgan fingerprint density at radius 2 is 1.91 bits per heavy atom. The molecule has 1 aromatic heterocycles. The number of likely N-dealkylation sites (tertiary alicyclic amines) is 1. The van der Waals surface area contributed by atoms with E-state index in [9.17, 15) is 4.21 Å². The fourth-order valence-electron chi connectivity index (χ4n) is 3.23. The minimum Gasteiger partial charge on any atom is -0.360 e. The monoisotopic (exact) mass is 332 g/mol. The van der Waals surface area contributed by atoms with Crippen LogP contribution in [0.1, 0.15) is 40.0 Å². The van der Waals surface area contributed by atoms with Crippen LogP contribution in [0.2, 0.25) is 0 Å². The molecule has 3 nitrogen and oxygen atoms in total. The van der Waals surface area contributed by atoms with Gasteiger partial charge < -0.3 is 9.88 Å². The number of H-pyrrole nitrogens is 1. The lowest BCUT2D eigenvalue weighted by atomic mass is 9.92. The van der Waals surface area contributed by atoms with E-state index < -0.39 is 10.8 Å². The van der Waals surface area contributed by atoms with Crippen molar-refractivity contribution in [3.63, 3.8) is 0 Å². The van der Waals surface area contributed by atoms with Crippen LogP contribution in [0.3, 0.4) is 0 Å². The van der Waals surface area contributed by atoms with Crippen LogP contribution in [0, 0.1) is 5.41 Å². The number of para-hydroxylation sites is 1. The van der Waals surface area contributed by atoms with E-state index in [0.717, 1.165) is 48.3 Å². The first-order chi connectivity index (χ1) is 10.9. The van der Waals surface area contributed by atoms with Crippen molar-refractivity contribution in [2.45, 2.75) is 50.2 Å². The number of benzene rings is 1. The highest BCUT2D eigenvalue weighted by atomic mass is 32.2. The van der Waals surface area contributed by atoms with E-state index in [-0.39, 0.29) is 0 Å². The molecule has 1 aromatic carbocycles. The maximum absolute atomic E-state index is 13.0. The molecule has 0 saturated carbocycles. The Morgan fingerprint density at radius 3 is 2.61 bits per heavy atom. The van der Waals surface area contributed by atoms with Crippen LogP contribution in [0.4, 0.5) is 0 Å². The number of nitrogens with one attached hydrogen (secondary N) is 1. The van der Waals surface area contributed by atoms with Crippen molar-refractivity contribution in [3.8, 4) is 0 Å². The van der Waals surface area contributed by atoms with Crippen molar-refractivity contribution >= 4 is 21.7 Å². The van der Waals surface area contributed by atoms with Crippen LogP contribution in [0.25, 0.3) is 10.9 Å². The average Bonchev–Trinajstić information content (AvgIpc) is 2.96. The lowest BCUT2D eigenvalue weighted by molar-refractivity contribution is 0.198. The molecule has 1 fully saturated rings. The molecule has 1 saturated heterocycles. The van der Waals surface area contributed by atoms with Crippen molar-refractivity contribution < 1.29 is 4.21 Å². The van der Waals surface area contributed by atoms with Crippen molar-refractivity contribution in [1.82, 2.24) is 9.88 Å². The van der Waals surface area contributed by atoms with Crippen molar-refractivity contribution in [2.24, 2.45) is 5.41 Å². The smallest absolute Gasteiger partial charge is 0.0644 e. The summed E-state index contributed by atoms with van der Waals surface area (Å²) >= 11 is 0. The molecule has 1 N–H and O–H groups in total. The Bertz CT molecular complexity index is 678. The third-order valence-electron chi connectivity index (χ3n) is 4.78. The standard InChI is InChI=1S/C19H28N2OS/c1-19(2,3)10-13-21-11-8-15(9-12-21)23(22)18-14-20-17-7-5-4-6-16(17)18/h4-7,14-15,20H,8-13H2,1-3H3. The van der Waals surface area contributed by atoms with Gasteiger partial charge in [0.15, 0.2) is 0 Å². The van der Waals surface area contributed by atoms with E-state index in [1.807, 2.05) is 24.4 Å². The van der Waals surface area contributed by atoms with E-state index in [2.05, 4.69) is 36.7 Å². The first-order valence-electron chi connectivity index (χ1n) is 8.63. The van der Waals surface area contributed by atoms with Gasteiger partial charge in [-0.2, -0.15) is 0 Å². The van der Waals surface area contributed by atoms with Gasteiger partial charge in [-0.05, 0) is 50.4 Å². The van der Waals surface area contributed by atoms with Gasteiger partial charge in [0.1, 0.15) is 0 Å². The zero-order valence-corrected chi connectivity index (χ0v) is 15.3. The fourth-order valence-corrected chi connectivity index (χ4v) is 4.80. The molecule has 1 atom stereocenters. The van der Waals surface area contributed by atoms with Gasteiger partial charge in [-0.15, -0.1) is 0 Å². The first-order valence-corrected chi connectivity index (χ1v) is 9.84. The van der Waals surface area contributed by atoms with E-state index in [1.165, 1.54) is 6.42 Å². The van der Waals surface area contributed by atoms with Crippen molar-refractivity contribution in [3.05, 3.63) is 30.5 Å². The van der Waals surface area contributed by atoms with Crippen LogP contribution < -0.4 is 0 Å². The minimum atomic E-state index is -0.907. The van der Waals surface area contributed by atoms with Crippen LogP contribution in [-0.2, 0) is 10.8 Å². The highest BCUT2D eigenvalue weighted by Gasteiger charge is 2.26. The molecule has 1 unspecified atom stereocenters. The second-order valence-corrected chi connectivity index (χ2v) is 9.55. The third kappa shape index (κ3) is 4.04. The topological polar surface area (TPSA) is 36.1 Å². The maximum atomic E-state index is 13.0. The van der Waals surface area contributed by atoms with Gasteiger partial charge in [0, 0.05) is 22.3 Å². The van der Waals surface area contributed by atoms with Gasteiger partial charge in [-0.1, -0.05) is 39.0 Å². The predicted octanol–water partition coefficient (Wildman–Crippen LogP) is 4.18. The summed E-state index contributed by atoms with van der Waals surface area (Å²) in [4.78, 5) is 6.77. The molecular formula is C19H28N2OS. The van der Waals surface area contributed by atoms with Crippen LogP contribution in [0.5, 0.6) is 0 Å². The lowest BCUT2D eigenvalue weighted by Crippen LogP contribution is -2.39. The molecule has 23 heavy (non-hydrogen) atoms. The number of hydrogen-bond acceptors (Lipinski definition) is 2. The minimum absolute atomic E-state index is 0.292. The largest absolute Gasteiger partial charge is 0.360 e. The van der Waals surface area contributed by atoms with Crippen LogP contribution >= 0.6 is 0 Å². The van der Waals surface area contributed by atoms with E-state index >= 15 is 0 Å². The van der Waals surface area contributed by atoms with E-state index in [0.29, 0.717) is 10.7 Å². The zero-order chi connectivity index (χ0) is 16.4. The summed E-state index contributed by atoms with van der Waals surface area (Å²) < 4.78 is 13.0. The third-order valence-corrected chi connectivity index (χ3v) is 6.63. The Morgan fingerprint density at radius 1 is 1.22 bits per heavy atom. The molecule has 3 rings (SSSR count). The molecule has 0 bridgehead atoms. The maximum Gasteiger partial charge on any atom is 0.0644 e. The quantitative estimate of drug-likeness (QED) is 0.912. The van der Waals surface area contributed by atoms with Gasteiger partial charge in [0.25, 0.3) is 0 Å².